The molecule has 0 bridgehead atoms. The Morgan fingerprint density at radius 3 is 2.75 bits per heavy atom. The molecule has 2 heterocycles. The Morgan fingerprint density at radius 1 is 1.19 bits per heavy atom. The molecule has 2 amide bonds. The largest absolute Gasteiger partial charge is 0.494 e. The maximum absolute atomic E-state index is 13.3. The highest BCUT2D eigenvalue weighted by atomic mass is 32.2. The van der Waals surface area contributed by atoms with Gasteiger partial charge in [0.1, 0.15) is 16.7 Å². The number of thioether (sulfide) groups is 1. The van der Waals surface area contributed by atoms with Crippen LogP contribution >= 0.6 is 11.8 Å². The number of benzene rings is 2. The number of aliphatic imine (C=N–C) groups is 1. The lowest BCUT2D eigenvalue weighted by atomic mass is 10.2. The van der Waals surface area contributed by atoms with Gasteiger partial charge in [-0.25, -0.2) is 4.99 Å². The van der Waals surface area contributed by atoms with Crippen LogP contribution in [0.2, 0.25) is 0 Å². The topological polar surface area (TPSA) is 127 Å². The van der Waals surface area contributed by atoms with E-state index < -0.39 is 16.1 Å². The van der Waals surface area contributed by atoms with E-state index in [4.69, 9.17) is 4.74 Å². The quantitative estimate of drug-likeness (QED) is 0.341. The Bertz CT molecular complexity index is 1300. The number of nitrogens with one attached hydrogen (secondary N) is 1. The monoisotopic (exact) mass is 505 g/mol. The van der Waals surface area contributed by atoms with E-state index in [-0.39, 0.29) is 18.0 Å². The first-order valence-corrected chi connectivity index (χ1v) is 12.0. The zero-order valence-electron chi connectivity index (χ0n) is 19.4. The molecule has 0 saturated carbocycles. The van der Waals surface area contributed by atoms with Crippen LogP contribution < -0.4 is 10.1 Å². The maximum atomic E-state index is 13.3. The number of nitro benzene ring substituents is 1. The molecule has 1 aliphatic heterocycles. The highest BCUT2D eigenvalue weighted by Crippen LogP contribution is 2.35. The fourth-order valence-electron chi connectivity index (χ4n) is 3.61. The SMILES string of the molecule is COc1ccccc1N=C1S[C@H](CC(=O)Nc2cccc([N+](=O)[O-])c2)C(=O)N1CCc1ccccn1. The minimum atomic E-state index is -0.694. The first-order chi connectivity index (χ1) is 17.4. The number of rotatable bonds is 9. The molecule has 184 valence electrons. The van der Waals surface area contributed by atoms with Crippen LogP contribution in [0, 0.1) is 10.1 Å². The van der Waals surface area contributed by atoms with Crippen molar-refractivity contribution in [3.63, 3.8) is 0 Å². The maximum Gasteiger partial charge on any atom is 0.271 e. The predicted molar refractivity (Wildman–Crippen MR) is 137 cm³/mol. The Kier molecular flexibility index (Phi) is 7.91. The molecule has 4 rings (SSSR count). The second kappa shape index (κ2) is 11.5. The number of hydrogen-bond donors (Lipinski definition) is 1. The number of hydrogen-bond acceptors (Lipinski definition) is 8. The lowest BCUT2D eigenvalue weighted by Gasteiger charge is -2.16. The van der Waals surface area contributed by atoms with Crippen LogP contribution in [0.25, 0.3) is 0 Å². The standard InChI is InChI=1S/C25H23N5O5S/c1-35-21-11-3-2-10-20(21)28-25-29(14-12-17-7-4-5-13-26-17)24(32)22(36-25)16-23(31)27-18-8-6-9-19(15-18)30(33)34/h2-11,13,15,22H,12,14,16H2,1H3,(H,27,31)/t22-/m1/s1. The van der Waals surface area contributed by atoms with Crippen LogP contribution in [0.3, 0.4) is 0 Å². The Balaban J connectivity index is 1.52. The normalized spacial score (nSPS) is 16.2. The fourth-order valence-corrected chi connectivity index (χ4v) is 4.78. The van der Waals surface area contributed by atoms with Gasteiger partial charge in [-0.15, -0.1) is 0 Å². The smallest absolute Gasteiger partial charge is 0.271 e. The summed E-state index contributed by atoms with van der Waals surface area (Å²) < 4.78 is 5.39. The zero-order valence-corrected chi connectivity index (χ0v) is 20.2. The highest BCUT2D eigenvalue weighted by Gasteiger charge is 2.39. The minimum absolute atomic E-state index is 0.114. The molecule has 0 aliphatic carbocycles. The molecular weight excluding hydrogens is 482 g/mol. The summed E-state index contributed by atoms with van der Waals surface area (Å²) in [4.78, 5) is 47.1. The van der Waals surface area contributed by atoms with Gasteiger partial charge in [0.15, 0.2) is 5.17 Å². The first kappa shape index (κ1) is 24.9. The number of pyridine rings is 1. The Morgan fingerprint density at radius 2 is 2.00 bits per heavy atom. The van der Waals surface area contributed by atoms with E-state index in [1.165, 1.54) is 30.0 Å². The highest BCUT2D eigenvalue weighted by molar-refractivity contribution is 8.15. The van der Waals surface area contributed by atoms with Gasteiger partial charge >= 0.3 is 0 Å². The van der Waals surface area contributed by atoms with Crippen molar-refractivity contribution in [2.75, 3.05) is 19.0 Å². The molecule has 0 radical (unpaired) electrons. The van der Waals surface area contributed by atoms with Crippen molar-refractivity contribution in [1.82, 2.24) is 9.88 Å². The van der Waals surface area contributed by atoms with E-state index in [1.54, 1.807) is 36.4 Å². The van der Waals surface area contributed by atoms with Gasteiger partial charge in [-0.3, -0.25) is 29.6 Å². The first-order valence-electron chi connectivity index (χ1n) is 11.1. The summed E-state index contributed by atoms with van der Waals surface area (Å²) in [6.45, 7) is 0.347. The van der Waals surface area contributed by atoms with Crippen LogP contribution in [-0.4, -0.2) is 50.7 Å². The summed E-state index contributed by atoms with van der Waals surface area (Å²) in [5.74, 6) is -0.0991. The summed E-state index contributed by atoms with van der Waals surface area (Å²) >= 11 is 1.20. The second-order valence-electron chi connectivity index (χ2n) is 7.79. The average Bonchev–Trinajstić information content (AvgIpc) is 3.17. The summed E-state index contributed by atoms with van der Waals surface area (Å²) in [7, 11) is 1.55. The van der Waals surface area contributed by atoms with E-state index in [0.29, 0.717) is 35.3 Å². The lowest BCUT2D eigenvalue weighted by Crippen LogP contribution is -2.35. The number of aromatic nitrogens is 1. The number of amidine groups is 1. The van der Waals surface area contributed by atoms with Crippen LogP contribution in [-0.2, 0) is 16.0 Å². The van der Waals surface area contributed by atoms with E-state index in [9.17, 15) is 19.7 Å². The molecule has 36 heavy (non-hydrogen) atoms. The van der Waals surface area contributed by atoms with Crippen molar-refractivity contribution in [3.05, 3.63) is 88.7 Å². The molecule has 0 spiro atoms. The van der Waals surface area contributed by atoms with Crippen molar-refractivity contribution in [2.24, 2.45) is 4.99 Å². The van der Waals surface area contributed by atoms with Gasteiger partial charge in [0.2, 0.25) is 11.8 Å². The molecule has 1 fully saturated rings. The van der Waals surface area contributed by atoms with Crippen LogP contribution in [0.4, 0.5) is 17.1 Å². The molecular formula is C25H23N5O5S. The number of methoxy groups -OCH3 is 1. The van der Waals surface area contributed by atoms with Crippen molar-refractivity contribution >= 4 is 45.8 Å². The number of ether oxygens (including phenoxy) is 1. The molecule has 1 N–H and O–H groups in total. The number of anilines is 1. The number of nitrogens with zero attached hydrogens (tertiary/aromatic N) is 4. The molecule has 2 aromatic carbocycles. The molecule has 11 heteroatoms. The number of amides is 2. The fraction of sp³-hybridized carbons (Fsp3) is 0.200. The minimum Gasteiger partial charge on any atom is -0.494 e. The van der Waals surface area contributed by atoms with Crippen molar-refractivity contribution in [2.45, 2.75) is 18.1 Å². The molecule has 3 aromatic rings. The van der Waals surface area contributed by atoms with E-state index in [2.05, 4.69) is 15.3 Å². The average molecular weight is 506 g/mol. The van der Waals surface area contributed by atoms with Crippen molar-refractivity contribution < 1.29 is 19.2 Å². The molecule has 1 saturated heterocycles. The third-order valence-corrected chi connectivity index (χ3v) is 6.53. The predicted octanol–water partition coefficient (Wildman–Crippen LogP) is 4.20. The van der Waals surface area contributed by atoms with Crippen LogP contribution in [0.15, 0.2) is 77.9 Å². The van der Waals surface area contributed by atoms with Gasteiger partial charge < -0.3 is 10.1 Å². The van der Waals surface area contributed by atoms with Crippen molar-refractivity contribution in [3.8, 4) is 5.75 Å². The Hall–Kier alpha value is -4.25. The number of carbonyl (C=O) groups excluding carboxylic acids is 2. The van der Waals surface area contributed by atoms with Gasteiger partial charge in [-0.05, 0) is 30.3 Å². The summed E-state index contributed by atoms with van der Waals surface area (Å²) in [5.41, 5.74) is 1.56. The summed E-state index contributed by atoms with van der Waals surface area (Å²) in [6.07, 6.45) is 2.10. The third-order valence-electron chi connectivity index (χ3n) is 5.35. The van der Waals surface area contributed by atoms with E-state index >= 15 is 0 Å². The molecule has 1 aliphatic rings. The van der Waals surface area contributed by atoms with Gasteiger partial charge in [-0.2, -0.15) is 0 Å². The van der Waals surface area contributed by atoms with Gasteiger partial charge in [0.25, 0.3) is 5.69 Å². The molecule has 10 nitrogen and oxygen atoms in total. The number of non-ortho nitro benzene ring substituents is 1. The molecule has 0 unspecified atom stereocenters. The van der Waals surface area contributed by atoms with Gasteiger partial charge in [0, 0.05) is 49.1 Å². The van der Waals surface area contributed by atoms with E-state index in [0.717, 1.165) is 5.69 Å². The molecule has 1 atom stereocenters. The number of carbonyl (C=O) groups is 2. The summed E-state index contributed by atoms with van der Waals surface area (Å²) in [6, 6.07) is 18.5. The molecule has 1 aromatic heterocycles. The van der Waals surface area contributed by atoms with Gasteiger partial charge in [-0.1, -0.05) is 36.0 Å². The van der Waals surface area contributed by atoms with Crippen LogP contribution in [0.5, 0.6) is 5.75 Å². The number of para-hydroxylation sites is 2. The Labute approximate surface area is 211 Å². The van der Waals surface area contributed by atoms with Crippen LogP contribution in [0.1, 0.15) is 12.1 Å². The van der Waals surface area contributed by atoms with Gasteiger partial charge in [0.05, 0.1) is 12.0 Å². The third kappa shape index (κ3) is 6.05. The lowest BCUT2D eigenvalue weighted by molar-refractivity contribution is -0.384. The summed E-state index contributed by atoms with van der Waals surface area (Å²) in [5, 5.41) is 13.4. The van der Waals surface area contributed by atoms with E-state index in [1.807, 2.05) is 30.3 Å². The second-order valence-corrected chi connectivity index (χ2v) is 8.96. The zero-order chi connectivity index (χ0) is 25.5. The van der Waals surface area contributed by atoms with Crippen molar-refractivity contribution in [1.29, 1.82) is 0 Å². The number of nitro groups is 1.